The summed E-state index contributed by atoms with van der Waals surface area (Å²) in [4.78, 5) is 37.8. The number of carbonyl (C=O) groups is 3. The van der Waals surface area contributed by atoms with Crippen molar-refractivity contribution >= 4 is 17.9 Å². The van der Waals surface area contributed by atoms with Crippen molar-refractivity contribution in [1.29, 1.82) is 0 Å². The molecule has 0 spiro atoms. The molecule has 0 aliphatic heterocycles. The number of carbonyl (C=O) groups excluding carboxylic acids is 3. The van der Waals surface area contributed by atoms with Gasteiger partial charge in [0.2, 0.25) is 0 Å². The summed E-state index contributed by atoms with van der Waals surface area (Å²) in [5.74, 6) is -0.944. The first-order valence-corrected chi connectivity index (χ1v) is 23.2. The van der Waals surface area contributed by atoms with Crippen LogP contribution in [0.4, 0.5) is 0 Å². The van der Waals surface area contributed by atoms with Crippen LogP contribution in [0.25, 0.3) is 0 Å². The molecule has 0 amide bonds. The summed E-state index contributed by atoms with van der Waals surface area (Å²) in [5, 5.41) is 0. The van der Waals surface area contributed by atoms with Crippen molar-refractivity contribution in [3.63, 3.8) is 0 Å². The maximum atomic E-state index is 12.7. The van der Waals surface area contributed by atoms with Crippen LogP contribution in [0, 0.1) is 0 Å². The van der Waals surface area contributed by atoms with Crippen LogP contribution >= 0.6 is 0 Å². The highest BCUT2D eigenvalue weighted by atomic mass is 16.6. The topological polar surface area (TPSA) is 78.9 Å². The van der Waals surface area contributed by atoms with E-state index < -0.39 is 6.10 Å². The molecule has 0 N–H and O–H groups in total. The summed E-state index contributed by atoms with van der Waals surface area (Å²) in [6.45, 7) is 6.28. The van der Waals surface area contributed by atoms with Crippen molar-refractivity contribution in [2.24, 2.45) is 0 Å². The second-order valence-electron chi connectivity index (χ2n) is 15.0. The summed E-state index contributed by atoms with van der Waals surface area (Å²) >= 11 is 0. The second-order valence-corrected chi connectivity index (χ2v) is 15.0. The Labute approximate surface area is 350 Å². The van der Waals surface area contributed by atoms with E-state index in [0.29, 0.717) is 19.3 Å². The third kappa shape index (κ3) is 43.6. The van der Waals surface area contributed by atoms with E-state index in [2.05, 4.69) is 106 Å². The number of allylic oxidation sites excluding steroid dienone is 14. The van der Waals surface area contributed by atoms with Gasteiger partial charge in [-0.1, -0.05) is 189 Å². The van der Waals surface area contributed by atoms with Gasteiger partial charge in [0.25, 0.3) is 0 Å². The quantitative estimate of drug-likeness (QED) is 0.0202. The molecule has 324 valence electrons. The average Bonchev–Trinajstić information content (AvgIpc) is 3.21. The molecule has 6 heteroatoms. The zero-order chi connectivity index (χ0) is 41.5. The van der Waals surface area contributed by atoms with Gasteiger partial charge in [-0.2, -0.15) is 0 Å². The zero-order valence-electron chi connectivity index (χ0n) is 36.8. The molecule has 0 aromatic heterocycles. The summed E-state index contributed by atoms with van der Waals surface area (Å²) in [5.41, 5.74) is 0. The lowest BCUT2D eigenvalue weighted by atomic mass is 10.1. The summed E-state index contributed by atoms with van der Waals surface area (Å²) in [7, 11) is 0. The first kappa shape index (κ1) is 53.6. The van der Waals surface area contributed by atoms with Crippen LogP contribution in [0.1, 0.15) is 201 Å². The molecule has 0 fully saturated rings. The molecule has 0 bridgehead atoms. The van der Waals surface area contributed by atoms with E-state index in [9.17, 15) is 14.4 Å². The van der Waals surface area contributed by atoms with Gasteiger partial charge in [-0.3, -0.25) is 14.4 Å². The molecule has 0 rings (SSSR count). The van der Waals surface area contributed by atoms with Crippen molar-refractivity contribution < 1.29 is 28.6 Å². The van der Waals surface area contributed by atoms with E-state index in [4.69, 9.17) is 14.2 Å². The Morgan fingerprint density at radius 1 is 0.368 bits per heavy atom. The molecule has 0 aliphatic carbocycles. The average molecular weight is 793 g/mol. The Balaban J connectivity index is 4.44. The second kappa shape index (κ2) is 45.3. The Bertz CT molecular complexity index is 1140. The Hall–Kier alpha value is -3.41. The van der Waals surface area contributed by atoms with Crippen LogP contribution < -0.4 is 0 Å². The number of hydrogen-bond donors (Lipinski definition) is 0. The van der Waals surface area contributed by atoms with Gasteiger partial charge in [0.05, 0.1) is 0 Å². The van der Waals surface area contributed by atoms with E-state index in [1.807, 2.05) is 0 Å². The minimum absolute atomic E-state index is 0.0946. The number of esters is 3. The number of rotatable bonds is 40. The van der Waals surface area contributed by atoms with E-state index >= 15 is 0 Å². The predicted octanol–water partition coefficient (Wildman–Crippen LogP) is 14.9. The van der Waals surface area contributed by atoms with E-state index in [1.54, 1.807) is 0 Å². The van der Waals surface area contributed by atoms with Gasteiger partial charge in [0, 0.05) is 19.3 Å². The Morgan fingerprint density at radius 3 is 1.11 bits per heavy atom. The van der Waals surface area contributed by atoms with Gasteiger partial charge in [0.1, 0.15) is 13.2 Å². The van der Waals surface area contributed by atoms with Crippen LogP contribution in [0.15, 0.2) is 85.1 Å². The van der Waals surface area contributed by atoms with Gasteiger partial charge in [0.15, 0.2) is 6.10 Å². The van der Waals surface area contributed by atoms with Crippen molar-refractivity contribution in [3.05, 3.63) is 85.1 Å². The van der Waals surface area contributed by atoms with Crippen LogP contribution in [-0.4, -0.2) is 37.2 Å². The lowest BCUT2D eigenvalue weighted by Gasteiger charge is -2.18. The fourth-order valence-corrected chi connectivity index (χ4v) is 6.01. The summed E-state index contributed by atoms with van der Waals surface area (Å²) < 4.78 is 16.7. The van der Waals surface area contributed by atoms with Crippen LogP contribution in [0.5, 0.6) is 0 Å². The summed E-state index contributed by atoms with van der Waals surface area (Å²) in [6.07, 6.45) is 57.0. The van der Waals surface area contributed by atoms with Crippen molar-refractivity contribution in [2.75, 3.05) is 13.2 Å². The van der Waals surface area contributed by atoms with Gasteiger partial charge in [-0.15, -0.1) is 0 Å². The van der Waals surface area contributed by atoms with Crippen LogP contribution in [0.3, 0.4) is 0 Å². The van der Waals surface area contributed by atoms with Gasteiger partial charge in [-0.05, 0) is 77.0 Å². The van der Waals surface area contributed by atoms with Crippen molar-refractivity contribution in [3.8, 4) is 0 Å². The monoisotopic (exact) mass is 793 g/mol. The molecular formula is C51H84O6. The van der Waals surface area contributed by atoms with Gasteiger partial charge in [-0.25, -0.2) is 0 Å². The molecule has 1 atom stereocenters. The predicted molar refractivity (Wildman–Crippen MR) is 242 cm³/mol. The highest BCUT2D eigenvalue weighted by molar-refractivity contribution is 5.71. The zero-order valence-corrected chi connectivity index (χ0v) is 36.8. The standard InChI is InChI=1S/C51H84O6/c1-4-7-10-13-16-19-22-24-25-27-29-32-35-38-41-44-50(53)56-47-48(46-55-49(52)43-40-37-34-31-28-21-18-15-12-9-6-3)57-51(54)45-42-39-36-33-30-26-23-20-17-14-11-8-5-2/h7-8,10-11,13-20,22-23,48H,4-6,9,12,21,24-47H2,1-3H3/b10-7-,11-8-,16-13-,17-14-,18-15-,22-19-,23-20-. The summed E-state index contributed by atoms with van der Waals surface area (Å²) in [6, 6.07) is 0. The molecular weight excluding hydrogens is 709 g/mol. The van der Waals surface area contributed by atoms with Crippen molar-refractivity contribution in [2.45, 2.75) is 207 Å². The fourth-order valence-electron chi connectivity index (χ4n) is 6.01. The lowest BCUT2D eigenvalue weighted by Crippen LogP contribution is -2.30. The lowest BCUT2D eigenvalue weighted by molar-refractivity contribution is -0.167. The maximum absolute atomic E-state index is 12.7. The molecule has 57 heavy (non-hydrogen) atoms. The molecule has 0 aromatic rings. The fraction of sp³-hybridized carbons (Fsp3) is 0.667. The minimum atomic E-state index is -0.794. The highest BCUT2D eigenvalue weighted by Gasteiger charge is 2.19. The largest absolute Gasteiger partial charge is 0.462 e. The first-order valence-electron chi connectivity index (χ1n) is 23.2. The van der Waals surface area contributed by atoms with Crippen LogP contribution in [-0.2, 0) is 28.6 Å². The van der Waals surface area contributed by atoms with E-state index in [-0.39, 0.29) is 31.1 Å². The molecule has 0 aromatic carbocycles. The smallest absolute Gasteiger partial charge is 0.306 e. The highest BCUT2D eigenvalue weighted by Crippen LogP contribution is 2.13. The van der Waals surface area contributed by atoms with Crippen molar-refractivity contribution in [1.82, 2.24) is 0 Å². The number of hydrogen-bond acceptors (Lipinski definition) is 6. The normalized spacial score (nSPS) is 12.8. The van der Waals surface area contributed by atoms with Gasteiger partial charge < -0.3 is 14.2 Å². The third-order valence-electron chi connectivity index (χ3n) is 9.49. The number of unbranched alkanes of at least 4 members (excludes halogenated alkanes) is 19. The molecule has 0 radical (unpaired) electrons. The Morgan fingerprint density at radius 2 is 0.702 bits per heavy atom. The van der Waals surface area contributed by atoms with Gasteiger partial charge >= 0.3 is 17.9 Å². The maximum Gasteiger partial charge on any atom is 0.306 e. The SMILES string of the molecule is CC\C=C/C=C\C=C/CCCCCCCCCC(=O)OCC(COC(=O)CCCCCCC/C=C\CCCC)OC(=O)CCCCCCC\C=C/C=C\C=C/CC. The van der Waals surface area contributed by atoms with E-state index in [1.165, 1.54) is 51.4 Å². The van der Waals surface area contributed by atoms with E-state index in [0.717, 1.165) is 109 Å². The van der Waals surface area contributed by atoms with Crippen LogP contribution in [0.2, 0.25) is 0 Å². The number of ether oxygens (including phenoxy) is 3. The molecule has 1 unspecified atom stereocenters. The third-order valence-corrected chi connectivity index (χ3v) is 9.49. The molecule has 0 aliphatic rings. The molecule has 6 nitrogen and oxygen atoms in total. The molecule has 0 heterocycles. The molecule has 0 saturated heterocycles. The first-order chi connectivity index (χ1) is 28.0. The minimum Gasteiger partial charge on any atom is -0.462 e. The Kier molecular flexibility index (Phi) is 42.6. The molecule has 0 saturated carbocycles.